The van der Waals surface area contributed by atoms with Gasteiger partial charge in [0, 0.05) is 0 Å². The molecule has 15 heavy (non-hydrogen) atoms. The van der Waals surface area contributed by atoms with Gasteiger partial charge in [0.2, 0.25) is 0 Å². The van der Waals surface area contributed by atoms with Gasteiger partial charge in [0.05, 0.1) is 0 Å². The first-order valence-corrected chi connectivity index (χ1v) is 6.76. The van der Waals surface area contributed by atoms with Crippen LogP contribution in [0.4, 0.5) is 0 Å². The Balaban J connectivity index is 2.24. The van der Waals surface area contributed by atoms with Gasteiger partial charge in [-0.15, -0.1) is 0 Å². The van der Waals surface area contributed by atoms with Gasteiger partial charge in [-0.1, -0.05) is 0 Å². The third-order valence-corrected chi connectivity index (χ3v) is 5.70. The van der Waals surface area contributed by atoms with Gasteiger partial charge in [0.25, 0.3) is 0 Å². The van der Waals surface area contributed by atoms with Crippen LogP contribution in [0.2, 0.25) is 4.82 Å². The van der Waals surface area contributed by atoms with E-state index in [-0.39, 0.29) is 37.8 Å². The molecule has 0 radical (unpaired) electrons. The van der Waals surface area contributed by atoms with E-state index in [9.17, 15) is 9.59 Å². The fraction of sp³-hybridized carbons (Fsp3) is 0.556. The van der Waals surface area contributed by atoms with Gasteiger partial charge in [-0.2, -0.15) is 0 Å². The molecule has 1 aliphatic rings. The van der Waals surface area contributed by atoms with E-state index in [1.807, 2.05) is 0 Å². The van der Waals surface area contributed by atoms with E-state index in [1.165, 1.54) is 6.07 Å². The number of aromatic amines is 1. The van der Waals surface area contributed by atoms with E-state index in [1.54, 1.807) is 10.8 Å². The molecule has 1 aromatic heterocycles. The summed E-state index contributed by atoms with van der Waals surface area (Å²) in [7, 11) is 0. The maximum absolute atomic E-state index is 11.5. The van der Waals surface area contributed by atoms with Gasteiger partial charge in [0.1, 0.15) is 0 Å². The molecule has 2 atom stereocenters. The molecule has 1 fully saturated rings. The van der Waals surface area contributed by atoms with Gasteiger partial charge in [-0.3, -0.25) is 0 Å². The molecular formula is C9H12N2O3Se. The molecule has 0 bridgehead atoms. The molecule has 0 saturated carbocycles. The number of nitrogens with zero attached hydrogens (tertiary/aromatic N) is 1. The van der Waals surface area contributed by atoms with Crippen molar-refractivity contribution in [1.29, 1.82) is 0 Å². The average Bonchev–Trinajstić information content (AvgIpc) is 2.66. The van der Waals surface area contributed by atoms with Crippen molar-refractivity contribution in [2.24, 2.45) is 0 Å². The number of nitrogens with one attached hydrogen (secondary N) is 1. The molecule has 0 amide bonds. The molecule has 1 aromatic rings. The van der Waals surface area contributed by atoms with Crippen LogP contribution in [-0.4, -0.2) is 36.2 Å². The van der Waals surface area contributed by atoms with E-state index < -0.39 is 0 Å². The number of aromatic nitrogens is 2. The zero-order chi connectivity index (χ0) is 10.8. The second-order valence-electron chi connectivity index (χ2n) is 3.49. The van der Waals surface area contributed by atoms with Gasteiger partial charge in [-0.05, 0) is 0 Å². The quantitative estimate of drug-likeness (QED) is 0.702. The van der Waals surface area contributed by atoms with Crippen LogP contribution >= 0.6 is 0 Å². The first-order valence-electron chi connectivity index (χ1n) is 4.78. The van der Waals surface area contributed by atoms with Crippen molar-refractivity contribution in [3.05, 3.63) is 33.1 Å². The Hall–Kier alpha value is -0.841. The number of rotatable bonds is 2. The normalized spacial score (nSPS) is 25.7. The van der Waals surface area contributed by atoms with Crippen LogP contribution in [0.3, 0.4) is 0 Å². The molecule has 1 aliphatic heterocycles. The summed E-state index contributed by atoms with van der Waals surface area (Å²) in [5.41, 5.74) is -0.701. The molecule has 6 heteroatoms. The minimum atomic E-state index is -0.361. The van der Waals surface area contributed by atoms with Crippen LogP contribution in [0.5, 0.6) is 0 Å². The summed E-state index contributed by atoms with van der Waals surface area (Å²) in [6.45, 7) is 0.203. The Bertz CT molecular complexity index is 453. The second-order valence-corrected chi connectivity index (χ2v) is 6.60. The van der Waals surface area contributed by atoms with Crippen LogP contribution in [0.25, 0.3) is 0 Å². The molecule has 82 valence electrons. The topological polar surface area (TPSA) is 75.1 Å². The Kier molecular flexibility index (Phi) is 3.09. The Morgan fingerprint density at radius 2 is 2.33 bits per heavy atom. The van der Waals surface area contributed by atoms with Gasteiger partial charge < -0.3 is 0 Å². The fourth-order valence-electron chi connectivity index (χ4n) is 1.68. The molecule has 0 aliphatic carbocycles. The van der Waals surface area contributed by atoms with E-state index in [4.69, 9.17) is 5.11 Å². The standard InChI is InChI=1S/C9H12N2O3Se/c12-5-6-1-2-8(15-6)11-4-3-7(13)10-9(11)14/h3-4,6,8,12H,1-2,5H2,(H,10,13,14)/t6-,8+/m0/s1. The Morgan fingerprint density at radius 3 is 2.93 bits per heavy atom. The molecule has 2 rings (SSSR count). The van der Waals surface area contributed by atoms with E-state index in [2.05, 4.69) is 4.98 Å². The molecule has 0 spiro atoms. The van der Waals surface area contributed by atoms with Crippen molar-refractivity contribution in [3.8, 4) is 0 Å². The van der Waals surface area contributed by atoms with E-state index in [0.29, 0.717) is 4.82 Å². The Labute approximate surface area is 92.3 Å². The van der Waals surface area contributed by atoms with Crippen LogP contribution in [0.1, 0.15) is 17.8 Å². The molecule has 5 nitrogen and oxygen atoms in total. The van der Waals surface area contributed by atoms with Crippen molar-refractivity contribution in [1.82, 2.24) is 9.55 Å². The monoisotopic (exact) mass is 276 g/mol. The molecule has 0 aromatic carbocycles. The second kappa shape index (κ2) is 4.35. The van der Waals surface area contributed by atoms with E-state index >= 15 is 0 Å². The van der Waals surface area contributed by atoms with Crippen molar-refractivity contribution in [3.63, 3.8) is 0 Å². The summed E-state index contributed by atoms with van der Waals surface area (Å²) in [6.07, 6.45) is 3.43. The molecule has 1 saturated heterocycles. The van der Waals surface area contributed by atoms with Gasteiger partial charge in [-0.25, -0.2) is 0 Å². The first-order chi connectivity index (χ1) is 7.20. The predicted molar refractivity (Wildman–Crippen MR) is 56.2 cm³/mol. The SMILES string of the molecule is O=c1ccn([C@H]2CC[C@@H](CO)[Se]2)c(=O)[nH]1. The molecule has 2 N–H and O–H groups in total. The summed E-state index contributed by atoms with van der Waals surface area (Å²) >= 11 is 0.233. The minimum absolute atomic E-state index is 0.180. The van der Waals surface area contributed by atoms with Crippen LogP contribution < -0.4 is 11.2 Å². The first kappa shape index (κ1) is 10.7. The van der Waals surface area contributed by atoms with Crippen LogP contribution in [0.15, 0.2) is 21.9 Å². The number of hydrogen-bond acceptors (Lipinski definition) is 3. The van der Waals surface area contributed by atoms with E-state index in [0.717, 1.165) is 12.8 Å². The summed E-state index contributed by atoms with van der Waals surface area (Å²) < 4.78 is 1.58. The van der Waals surface area contributed by atoms with Gasteiger partial charge >= 0.3 is 91.9 Å². The van der Waals surface area contributed by atoms with Crippen molar-refractivity contribution in [2.75, 3.05) is 6.61 Å². The van der Waals surface area contributed by atoms with Crippen LogP contribution in [-0.2, 0) is 0 Å². The summed E-state index contributed by atoms with van der Waals surface area (Å²) in [5.74, 6) is 0. The summed E-state index contributed by atoms with van der Waals surface area (Å²) in [6, 6.07) is 1.36. The van der Waals surface area contributed by atoms with Crippen molar-refractivity contribution < 1.29 is 5.11 Å². The number of aliphatic hydroxyl groups excluding tert-OH is 1. The Morgan fingerprint density at radius 1 is 1.53 bits per heavy atom. The maximum atomic E-state index is 11.5. The number of H-pyrrole nitrogens is 1. The van der Waals surface area contributed by atoms with Crippen molar-refractivity contribution in [2.45, 2.75) is 22.6 Å². The average molecular weight is 275 g/mol. The number of aliphatic hydroxyl groups is 1. The third-order valence-electron chi connectivity index (χ3n) is 2.45. The summed E-state index contributed by atoms with van der Waals surface area (Å²) in [4.78, 5) is 25.1. The number of hydrogen-bond donors (Lipinski definition) is 2. The zero-order valence-corrected chi connectivity index (χ0v) is 9.76. The fourth-order valence-corrected chi connectivity index (χ4v) is 4.56. The van der Waals surface area contributed by atoms with Crippen molar-refractivity contribution >= 4 is 15.0 Å². The summed E-state index contributed by atoms with van der Waals surface area (Å²) in [5, 5.41) is 9.01. The molecule has 0 unspecified atom stereocenters. The zero-order valence-electron chi connectivity index (χ0n) is 8.05. The molecule has 2 heterocycles. The van der Waals surface area contributed by atoms with Crippen LogP contribution in [0, 0.1) is 0 Å². The molecular weight excluding hydrogens is 263 g/mol. The predicted octanol–water partition coefficient (Wildman–Crippen LogP) is -0.686. The third kappa shape index (κ3) is 2.22. The van der Waals surface area contributed by atoms with Gasteiger partial charge in [0.15, 0.2) is 0 Å².